The third kappa shape index (κ3) is 4.04. The van der Waals surface area contributed by atoms with Crippen LogP contribution in [0.4, 0.5) is 0 Å². The van der Waals surface area contributed by atoms with E-state index in [4.69, 9.17) is 0 Å². The van der Waals surface area contributed by atoms with Gasteiger partial charge >= 0.3 is 0 Å². The molecule has 128 valence electrons. The number of hydrogen-bond donors (Lipinski definition) is 1. The monoisotopic (exact) mass is 335 g/mol. The number of aryl methyl sites for hydroxylation is 2. The number of piperidine rings is 1. The Morgan fingerprint density at radius 1 is 1.26 bits per heavy atom. The topological polar surface area (TPSA) is 43.8 Å². The molecule has 0 radical (unpaired) electrons. The molecular formula is C17H29N5S. The summed E-state index contributed by atoms with van der Waals surface area (Å²) in [5.74, 6) is 1.02. The van der Waals surface area contributed by atoms with Crippen LogP contribution in [0.1, 0.15) is 41.3 Å². The number of aromatic nitrogens is 1. The molecule has 1 atom stereocenters. The van der Waals surface area contributed by atoms with Crippen LogP contribution >= 0.6 is 11.3 Å². The number of nitrogens with zero attached hydrogens (tertiary/aromatic N) is 4. The molecule has 2 aliphatic heterocycles. The average molecular weight is 336 g/mol. The molecule has 2 saturated heterocycles. The number of aliphatic imine (C=N–C) groups is 1. The van der Waals surface area contributed by atoms with Gasteiger partial charge in [-0.2, -0.15) is 0 Å². The van der Waals surface area contributed by atoms with Crippen LogP contribution in [0, 0.1) is 13.8 Å². The minimum atomic E-state index is 0.707. The highest BCUT2D eigenvalue weighted by Crippen LogP contribution is 2.20. The number of rotatable bonds is 3. The number of hydrogen-bond acceptors (Lipinski definition) is 4. The molecule has 1 aromatic heterocycles. The van der Waals surface area contributed by atoms with Gasteiger partial charge in [0.1, 0.15) is 5.01 Å². The second-order valence-corrected chi connectivity index (χ2v) is 7.92. The van der Waals surface area contributed by atoms with E-state index in [1.165, 1.54) is 43.6 Å². The quantitative estimate of drug-likeness (QED) is 0.680. The first kappa shape index (κ1) is 16.7. The van der Waals surface area contributed by atoms with Crippen molar-refractivity contribution in [1.82, 2.24) is 20.1 Å². The van der Waals surface area contributed by atoms with Gasteiger partial charge in [0.25, 0.3) is 0 Å². The Morgan fingerprint density at radius 3 is 2.70 bits per heavy atom. The molecule has 1 unspecified atom stereocenters. The standard InChI is InChI=1S/C17H29N5S/c1-13-14(2)23-16(20-13)11-19-17(18-3)22-10-7-15(12-22)21-8-5-4-6-9-21/h15H,4-12H2,1-3H3,(H,18,19). The van der Waals surface area contributed by atoms with Crippen LogP contribution in [-0.2, 0) is 6.54 Å². The van der Waals surface area contributed by atoms with Gasteiger partial charge in [-0.25, -0.2) is 4.98 Å². The van der Waals surface area contributed by atoms with Crippen LogP contribution in [0.3, 0.4) is 0 Å². The lowest BCUT2D eigenvalue weighted by Crippen LogP contribution is -2.44. The highest BCUT2D eigenvalue weighted by molar-refractivity contribution is 7.11. The van der Waals surface area contributed by atoms with E-state index in [9.17, 15) is 0 Å². The van der Waals surface area contributed by atoms with Gasteiger partial charge in [-0.15, -0.1) is 11.3 Å². The van der Waals surface area contributed by atoms with Gasteiger partial charge in [-0.1, -0.05) is 6.42 Å². The summed E-state index contributed by atoms with van der Waals surface area (Å²) in [6.45, 7) is 9.76. The zero-order valence-corrected chi connectivity index (χ0v) is 15.5. The van der Waals surface area contributed by atoms with Crippen LogP contribution < -0.4 is 5.32 Å². The van der Waals surface area contributed by atoms with E-state index in [1.54, 1.807) is 11.3 Å². The molecule has 1 aromatic rings. The summed E-state index contributed by atoms with van der Waals surface area (Å²) >= 11 is 1.78. The lowest BCUT2D eigenvalue weighted by atomic mass is 10.1. The minimum absolute atomic E-state index is 0.707. The van der Waals surface area contributed by atoms with E-state index in [2.05, 4.69) is 38.9 Å². The third-order valence-corrected chi connectivity index (χ3v) is 6.13. The maximum absolute atomic E-state index is 4.61. The first-order chi connectivity index (χ1) is 11.2. The van der Waals surface area contributed by atoms with Crippen LogP contribution in [0.5, 0.6) is 0 Å². The molecule has 3 rings (SSSR count). The Bertz CT molecular complexity index is 528. The molecular weight excluding hydrogens is 306 g/mol. The Kier molecular flexibility index (Phi) is 5.54. The third-order valence-electron chi connectivity index (χ3n) is 5.05. The molecule has 0 aliphatic carbocycles. The molecule has 6 heteroatoms. The fourth-order valence-electron chi connectivity index (χ4n) is 3.62. The fraction of sp³-hybridized carbons (Fsp3) is 0.765. The van der Waals surface area contributed by atoms with Crippen LogP contribution in [0.15, 0.2) is 4.99 Å². The summed E-state index contributed by atoms with van der Waals surface area (Å²) in [5, 5.41) is 4.64. The second kappa shape index (κ2) is 7.62. The van der Waals surface area contributed by atoms with E-state index >= 15 is 0 Å². The number of likely N-dealkylation sites (tertiary alicyclic amines) is 2. The zero-order valence-electron chi connectivity index (χ0n) is 14.6. The van der Waals surface area contributed by atoms with Crippen molar-refractivity contribution in [3.63, 3.8) is 0 Å². The number of nitrogens with one attached hydrogen (secondary N) is 1. The summed E-state index contributed by atoms with van der Waals surface area (Å²) in [5.41, 5.74) is 1.15. The van der Waals surface area contributed by atoms with Crippen molar-refractivity contribution in [2.45, 2.75) is 52.1 Å². The lowest BCUT2D eigenvalue weighted by molar-refractivity contribution is 0.168. The Morgan fingerprint density at radius 2 is 2.04 bits per heavy atom. The summed E-state index contributed by atoms with van der Waals surface area (Å²) in [7, 11) is 1.88. The molecule has 2 aliphatic rings. The van der Waals surface area contributed by atoms with E-state index in [0.29, 0.717) is 6.04 Å². The molecule has 3 heterocycles. The largest absolute Gasteiger partial charge is 0.350 e. The van der Waals surface area contributed by atoms with Gasteiger partial charge < -0.3 is 10.2 Å². The molecule has 2 fully saturated rings. The Hall–Kier alpha value is -1.14. The molecule has 0 bridgehead atoms. The maximum Gasteiger partial charge on any atom is 0.194 e. The molecule has 0 spiro atoms. The van der Waals surface area contributed by atoms with Gasteiger partial charge in [0.15, 0.2) is 5.96 Å². The molecule has 0 saturated carbocycles. The summed E-state index contributed by atoms with van der Waals surface area (Å²) < 4.78 is 0. The van der Waals surface area contributed by atoms with E-state index < -0.39 is 0 Å². The van der Waals surface area contributed by atoms with E-state index in [1.807, 2.05) is 7.05 Å². The van der Waals surface area contributed by atoms with Crippen LogP contribution in [0.2, 0.25) is 0 Å². The summed E-state index contributed by atoms with van der Waals surface area (Å²) in [6, 6.07) is 0.707. The zero-order chi connectivity index (χ0) is 16.2. The number of thiazole rings is 1. The van der Waals surface area contributed by atoms with Gasteiger partial charge in [0.05, 0.1) is 12.2 Å². The van der Waals surface area contributed by atoms with Gasteiger partial charge in [0.2, 0.25) is 0 Å². The van der Waals surface area contributed by atoms with Crippen LogP contribution in [-0.4, -0.2) is 60.0 Å². The van der Waals surface area contributed by atoms with Gasteiger partial charge in [-0.3, -0.25) is 9.89 Å². The predicted molar refractivity (Wildman–Crippen MR) is 97.2 cm³/mol. The molecule has 0 aromatic carbocycles. The van der Waals surface area contributed by atoms with Crippen molar-refractivity contribution >= 4 is 17.3 Å². The first-order valence-electron chi connectivity index (χ1n) is 8.80. The Balaban J connectivity index is 1.52. The van der Waals surface area contributed by atoms with E-state index in [-0.39, 0.29) is 0 Å². The lowest BCUT2D eigenvalue weighted by Gasteiger charge is -2.32. The highest BCUT2D eigenvalue weighted by Gasteiger charge is 2.29. The smallest absolute Gasteiger partial charge is 0.194 e. The summed E-state index contributed by atoms with van der Waals surface area (Å²) in [6.07, 6.45) is 5.40. The van der Waals surface area contributed by atoms with Gasteiger partial charge in [0, 0.05) is 31.1 Å². The van der Waals surface area contributed by atoms with Crippen molar-refractivity contribution in [1.29, 1.82) is 0 Å². The van der Waals surface area contributed by atoms with Gasteiger partial charge in [-0.05, 0) is 46.2 Å². The normalized spacial score (nSPS) is 23.5. The molecule has 23 heavy (non-hydrogen) atoms. The first-order valence-corrected chi connectivity index (χ1v) is 9.61. The van der Waals surface area contributed by atoms with Crippen molar-refractivity contribution in [3.8, 4) is 0 Å². The highest BCUT2D eigenvalue weighted by atomic mass is 32.1. The maximum atomic E-state index is 4.61. The minimum Gasteiger partial charge on any atom is -0.350 e. The predicted octanol–water partition coefficient (Wildman–Crippen LogP) is 2.40. The number of guanidine groups is 1. The molecule has 5 nitrogen and oxygen atoms in total. The van der Waals surface area contributed by atoms with Crippen molar-refractivity contribution in [2.24, 2.45) is 4.99 Å². The van der Waals surface area contributed by atoms with Crippen molar-refractivity contribution in [3.05, 3.63) is 15.6 Å². The fourth-order valence-corrected chi connectivity index (χ4v) is 4.49. The summed E-state index contributed by atoms with van der Waals surface area (Å²) in [4.78, 5) is 15.5. The molecule has 1 N–H and O–H groups in total. The van der Waals surface area contributed by atoms with E-state index in [0.717, 1.165) is 36.3 Å². The molecule has 0 amide bonds. The average Bonchev–Trinajstić information content (AvgIpc) is 3.17. The van der Waals surface area contributed by atoms with Crippen LogP contribution in [0.25, 0.3) is 0 Å². The van der Waals surface area contributed by atoms with Crippen molar-refractivity contribution < 1.29 is 0 Å². The SMILES string of the molecule is CN=C(NCc1nc(C)c(C)s1)N1CCC(N2CCCCC2)C1. The second-order valence-electron chi connectivity index (χ2n) is 6.64. The van der Waals surface area contributed by atoms with Crippen molar-refractivity contribution in [2.75, 3.05) is 33.2 Å². The Labute approximate surface area is 143 Å².